The summed E-state index contributed by atoms with van der Waals surface area (Å²) in [5.41, 5.74) is 8.56. The van der Waals surface area contributed by atoms with E-state index in [-0.39, 0.29) is 10.8 Å². The number of fused-ring (bicyclic) bond motifs is 1. The molecule has 0 aliphatic carbocycles. The molecule has 3 heterocycles. The van der Waals surface area contributed by atoms with Crippen molar-refractivity contribution in [3.63, 3.8) is 0 Å². The summed E-state index contributed by atoms with van der Waals surface area (Å²) in [5, 5.41) is 5.08. The van der Waals surface area contributed by atoms with Gasteiger partial charge in [0.1, 0.15) is 17.5 Å². The fourth-order valence-corrected chi connectivity index (χ4v) is 3.87. The summed E-state index contributed by atoms with van der Waals surface area (Å²) in [6.07, 6.45) is 2.12. The molecular formula is C21H17ClF2N6. The Morgan fingerprint density at radius 3 is 2.40 bits per heavy atom. The highest BCUT2D eigenvalue weighted by Gasteiger charge is 2.23. The van der Waals surface area contributed by atoms with E-state index in [1.54, 1.807) is 18.2 Å². The third-order valence-corrected chi connectivity index (χ3v) is 5.50. The minimum Gasteiger partial charge on any atom is -0.383 e. The highest BCUT2D eigenvalue weighted by atomic mass is 35.5. The first-order valence-electron chi connectivity index (χ1n) is 9.54. The number of nitrogens with zero attached hydrogens (tertiary/aromatic N) is 5. The summed E-state index contributed by atoms with van der Waals surface area (Å²) in [5.74, 6) is -0.0218. The molecule has 2 aromatic heterocycles. The third kappa shape index (κ3) is 3.13. The van der Waals surface area contributed by atoms with Crippen molar-refractivity contribution in [2.45, 2.75) is 12.8 Å². The molecule has 0 spiro atoms. The summed E-state index contributed by atoms with van der Waals surface area (Å²) < 4.78 is 28.6. The van der Waals surface area contributed by atoms with Gasteiger partial charge in [-0.3, -0.25) is 0 Å². The van der Waals surface area contributed by atoms with E-state index in [0.717, 1.165) is 25.9 Å². The van der Waals surface area contributed by atoms with Gasteiger partial charge < -0.3 is 10.6 Å². The Bertz CT molecular complexity index is 1250. The summed E-state index contributed by atoms with van der Waals surface area (Å²) >= 11 is 6.02. The van der Waals surface area contributed by atoms with Crippen LogP contribution in [0.1, 0.15) is 12.8 Å². The standard InChI is InChI=1S/C21H17ClF2N6/c22-15-11-12(3-8-16(15)24)18-17-19(25)30(14-6-4-13(23)5-7-14)28-20(17)27-21(26-18)29-9-1-2-10-29/h3-8,11H,1-2,9-10,25H2. The molecule has 0 saturated carbocycles. The van der Waals surface area contributed by atoms with Crippen LogP contribution in [0.15, 0.2) is 42.5 Å². The van der Waals surface area contributed by atoms with Crippen LogP contribution in [0.5, 0.6) is 0 Å². The lowest BCUT2D eigenvalue weighted by atomic mass is 10.1. The van der Waals surface area contributed by atoms with E-state index in [1.165, 1.54) is 28.9 Å². The smallest absolute Gasteiger partial charge is 0.228 e. The highest BCUT2D eigenvalue weighted by molar-refractivity contribution is 6.31. The summed E-state index contributed by atoms with van der Waals surface area (Å²) in [4.78, 5) is 11.5. The van der Waals surface area contributed by atoms with Crippen LogP contribution in [0.25, 0.3) is 28.0 Å². The fourth-order valence-electron chi connectivity index (χ4n) is 3.69. The third-order valence-electron chi connectivity index (χ3n) is 5.21. The van der Waals surface area contributed by atoms with Crippen LogP contribution < -0.4 is 10.6 Å². The molecule has 152 valence electrons. The predicted octanol–water partition coefficient (Wildman–Crippen LogP) is 4.60. The van der Waals surface area contributed by atoms with Crippen LogP contribution in [0.2, 0.25) is 5.02 Å². The van der Waals surface area contributed by atoms with Gasteiger partial charge in [-0.2, -0.15) is 4.98 Å². The Labute approximate surface area is 175 Å². The highest BCUT2D eigenvalue weighted by Crippen LogP contribution is 2.35. The molecule has 0 atom stereocenters. The Kier molecular flexibility index (Phi) is 4.51. The maximum atomic E-state index is 13.7. The lowest BCUT2D eigenvalue weighted by Crippen LogP contribution is -2.20. The van der Waals surface area contributed by atoms with Crippen LogP contribution in [0.3, 0.4) is 0 Å². The second-order valence-corrected chi connectivity index (χ2v) is 7.57. The van der Waals surface area contributed by atoms with Gasteiger partial charge in [-0.1, -0.05) is 11.6 Å². The van der Waals surface area contributed by atoms with Crippen molar-refractivity contribution in [3.8, 4) is 16.9 Å². The molecule has 1 aliphatic heterocycles. The molecule has 1 fully saturated rings. The Morgan fingerprint density at radius 1 is 0.967 bits per heavy atom. The van der Waals surface area contributed by atoms with Crippen LogP contribution in [0, 0.1) is 11.6 Å². The van der Waals surface area contributed by atoms with Crippen LogP contribution in [0.4, 0.5) is 20.5 Å². The first kappa shape index (κ1) is 18.7. The maximum Gasteiger partial charge on any atom is 0.228 e. The quantitative estimate of drug-likeness (QED) is 0.518. The van der Waals surface area contributed by atoms with Crippen molar-refractivity contribution in [1.82, 2.24) is 19.7 Å². The average Bonchev–Trinajstić information content (AvgIpc) is 3.39. The van der Waals surface area contributed by atoms with Gasteiger partial charge in [0.2, 0.25) is 5.95 Å². The van der Waals surface area contributed by atoms with Crippen LogP contribution in [-0.2, 0) is 0 Å². The van der Waals surface area contributed by atoms with E-state index < -0.39 is 5.82 Å². The molecule has 0 bridgehead atoms. The first-order chi connectivity index (χ1) is 14.5. The normalized spacial score (nSPS) is 14.0. The summed E-state index contributed by atoms with van der Waals surface area (Å²) in [6.45, 7) is 1.70. The molecular weight excluding hydrogens is 410 g/mol. The molecule has 30 heavy (non-hydrogen) atoms. The van der Waals surface area contributed by atoms with E-state index in [4.69, 9.17) is 22.3 Å². The predicted molar refractivity (Wildman–Crippen MR) is 113 cm³/mol. The van der Waals surface area contributed by atoms with Crippen molar-refractivity contribution in [2.24, 2.45) is 0 Å². The van der Waals surface area contributed by atoms with Crippen LogP contribution >= 0.6 is 11.6 Å². The van der Waals surface area contributed by atoms with Gasteiger partial charge in [0, 0.05) is 18.7 Å². The van der Waals surface area contributed by atoms with Gasteiger partial charge in [-0.05, 0) is 55.3 Å². The number of hydrogen-bond donors (Lipinski definition) is 1. The van der Waals surface area contributed by atoms with Crippen molar-refractivity contribution in [1.29, 1.82) is 0 Å². The summed E-state index contributed by atoms with van der Waals surface area (Å²) in [7, 11) is 0. The Hall–Kier alpha value is -3.26. The van der Waals surface area contributed by atoms with E-state index >= 15 is 0 Å². The number of hydrogen-bond acceptors (Lipinski definition) is 5. The van der Waals surface area contributed by atoms with Crippen LogP contribution in [-0.4, -0.2) is 32.8 Å². The molecule has 0 radical (unpaired) electrons. The second kappa shape index (κ2) is 7.21. The van der Waals surface area contributed by atoms with Crippen molar-refractivity contribution in [3.05, 3.63) is 59.1 Å². The van der Waals surface area contributed by atoms with Gasteiger partial charge >= 0.3 is 0 Å². The van der Waals surface area contributed by atoms with E-state index in [1.807, 2.05) is 0 Å². The monoisotopic (exact) mass is 426 g/mol. The van der Waals surface area contributed by atoms with Crippen molar-refractivity contribution >= 4 is 34.4 Å². The second-order valence-electron chi connectivity index (χ2n) is 7.17. The molecule has 2 N–H and O–H groups in total. The first-order valence-corrected chi connectivity index (χ1v) is 9.91. The van der Waals surface area contributed by atoms with E-state index in [0.29, 0.717) is 39.7 Å². The zero-order valence-electron chi connectivity index (χ0n) is 15.8. The van der Waals surface area contributed by atoms with Gasteiger partial charge in [-0.15, -0.1) is 5.10 Å². The number of aromatic nitrogens is 4. The topological polar surface area (TPSA) is 72.9 Å². The molecule has 5 rings (SSSR count). The zero-order chi connectivity index (χ0) is 20.8. The number of nitrogens with two attached hydrogens (primary N) is 1. The molecule has 0 amide bonds. The van der Waals surface area contributed by atoms with Gasteiger partial charge in [0.05, 0.1) is 21.8 Å². The minimum absolute atomic E-state index is 0.00789. The van der Waals surface area contributed by atoms with Crippen molar-refractivity contribution < 1.29 is 8.78 Å². The molecule has 4 aromatic rings. The number of rotatable bonds is 3. The molecule has 1 saturated heterocycles. The lowest BCUT2D eigenvalue weighted by molar-refractivity contribution is 0.627. The van der Waals surface area contributed by atoms with E-state index in [2.05, 4.69) is 15.0 Å². The van der Waals surface area contributed by atoms with Gasteiger partial charge in [0.25, 0.3) is 0 Å². The molecule has 9 heteroatoms. The molecule has 6 nitrogen and oxygen atoms in total. The lowest BCUT2D eigenvalue weighted by Gasteiger charge is -2.16. The maximum absolute atomic E-state index is 13.7. The SMILES string of the molecule is Nc1c2c(-c3ccc(F)c(Cl)c3)nc(N3CCCC3)nc2nn1-c1ccc(F)cc1. The van der Waals surface area contributed by atoms with Crippen molar-refractivity contribution in [2.75, 3.05) is 23.7 Å². The minimum atomic E-state index is -0.513. The fraction of sp³-hybridized carbons (Fsp3) is 0.190. The van der Waals surface area contributed by atoms with E-state index in [9.17, 15) is 8.78 Å². The number of benzene rings is 2. The Morgan fingerprint density at radius 2 is 1.70 bits per heavy atom. The average molecular weight is 427 g/mol. The zero-order valence-corrected chi connectivity index (χ0v) is 16.6. The largest absolute Gasteiger partial charge is 0.383 e. The molecule has 2 aromatic carbocycles. The Balaban J connectivity index is 1.76. The number of halogens is 3. The molecule has 1 aliphatic rings. The summed E-state index contributed by atoms with van der Waals surface area (Å²) in [6, 6.07) is 10.3. The number of anilines is 2. The molecule has 0 unspecified atom stereocenters. The van der Waals surface area contributed by atoms with Gasteiger partial charge in [0.15, 0.2) is 5.65 Å². The number of nitrogen functional groups attached to an aromatic ring is 1. The van der Waals surface area contributed by atoms with Gasteiger partial charge in [-0.25, -0.2) is 18.4 Å².